The van der Waals surface area contributed by atoms with Gasteiger partial charge in [0.2, 0.25) is 0 Å². The Bertz CT molecular complexity index is 258. The van der Waals surface area contributed by atoms with Crippen LogP contribution in [0, 0.1) is 13.8 Å². The van der Waals surface area contributed by atoms with E-state index in [0.717, 1.165) is 5.69 Å². The van der Waals surface area contributed by atoms with E-state index in [2.05, 4.69) is 19.2 Å². The molecule has 0 aliphatic carbocycles. The molecule has 0 spiro atoms. The maximum Gasteiger partial charge on any atom is 0.107 e. The van der Waals surface area contributed by atoms with Crippen molar-refractivity contribution in [2.45, 2.75) is 13.8 Å². The predicted molar refractivity (Wildman–Crippen MR) is 50.4 cm³/mol. The van der Waals surface area contributed by atoms with Crippen LogP contribution >= 0.6 is 0 Å². The van der Waals surface area contributed by atoms with Gasteiger partial charge in [-0.1, -0.05) is 6.07 Å². The minimum absolute atomic E-state index is 0.326. The van der Waals surface area contributed by atoms with E-state index in [0.29, 0.717) is 6.54 Å². The second-order valence-electron chi connectivity index (χ2n) is 2.91. The molecule has 1 rings (SSSR count). The van der Waals surface area contributed by atoms with Gasteiger partial charge in [-0.15, -0.1) is 0 Å². The lowest BCUT2D eigenvalue weighted by atomic mass is 10.1. The van der Waals surface area contributed by atoms with E-state index < -0.39 is 0 Å². The highest BCUT2D eigenvalue weighted by atomic mass is 19.1. The van der Waals surface area contributed by atoms with E-state index in [1.54, 1.807) is 0 Å². The van der Waals surface area contributed by atoms with Gasteiger partial charge >= 0.3 is 0 Å². The molecule has 0 aliphatic rings. The van der Waals surface area contributed by atoms with Gasteiger partial charge in [-0.3, -0.25) is 0 Å². The highest BCUT2D eigenvalue weighted by Gasteiger charge is 1.94. The van der Waals surface area contributed by atoms with Crippen molar-refractivity contribution in [3.05, 3.63) is 29.3 Å². The second-order valence-corrected chi connectivity index (χ2v) is 2.91. The topological polar surface area (TPSA) is 12.0 Å². The highest BCUT2D eigenvalue weighted by molar-refractivity contribution is 5.47. The largest absolute Gasteiger partial charge is 0.382 e. The monoisotopic (exact) mass is 167 g/mol. The van der Waals surface area contributed by atoms with E-state index in [-0.39, 0.29) is 6.67 Å². The Kier molecular flexibility index (Phi) is 3.09. The smallest absolute Gasteiger partial charge is 0.107 e. The van der Waals surface area contributed by atoms with Gasteiger partial charge in [-0.2, -0.15) is 0 Å². The van der Waals surface area contributed by atoms with E-state index in [1.807, 2.05) is 18.2 Å². The second kappa shape index (κ2) is 4.10. The lowest BCUT2D eigenvalue weighted by Crippen LogP contribution is -2.02. The quantitative estimate of drug-likeness (QED) is 0.729. The number of rotatable bonds is 3. The van der Waals surface area contributed by atoms with Gasteiger partial charge in [-0.05, 0) is 37.1 Å². The summed E-state index contributed by atoms with van der Waals surface area (Å²) in [5, 5.41) is 2.99. The molecular formula is C10H14FN. The van der Waals surface area contributed by atoms with E-state index in [4.69, 9.17) is 0 Å². The first-order chi connectivity index (χ1) is 5.74. The fraction of sp³-hybridized carbons (Fsp3) is 0.400. The van der Waals surface area contributed by atoms with Gasteiger partial charge in [0, 0.05) is 12.2 Å². The van der Waals surface area contributed by atoms with Crippen molar-refractivity contribution in [1.82, 2.24) is 0 Å². The SMILES string of the molecule is Cc1ccc(NCCF)cc1C. The van der Waals surface area contributed by atoms with Crippen molar-refractivity contribution in [2.75, 3.05) is 18.5 Å². The average molecular weight is 167 g/mol. The number of nitrogens with one attached hydrogen (secondary N) is 1. The number of anilines is 1. The molecule has 66 valence electrons. The van der Waals surface area contributed by atoms with Gasteiger partial charge < -0.3 is 5.32 Å². The summed E-state index contributed by atoms with van der Waals surface area (Å²) in [5.41, 5.74) is 3.50. The predicted octanol–water partition coefficient (Wildman–Crippen LogP) is 2.68. The molecule has 0 heterocycles. The van der Waals surface area contributed by atoms with Crippen LogP contribution in [0.25, 0.3) is 0 Å². The average Bonchev–Trinajstić information content (AvgIpc) is 2.07. The van der Waals surface area contributed by atoms with Crippen LogP contribution in [-0.2, 0) is 0 Å². The summed E-state index contributed by atoms with van der Waals surface area (Å²) in [4.78, 5) is 0. The number of hydrogen-bond acceptors (Lipinski definition) is 1. The van der Waals surface area contributed by atoms with E-state index in [1.165, 1.54) is 11.1 Å². The molecule has 0 aromatic heterocycles. The Morgan fingerprint density at radius 3 is 2.58 bits per heavy atom. The third-order valence-corrected chi connectivity index (χ3v) is 1.93. The summed E-state index contributed by atoms with van der Waals surface area (Å²) in [6.45, 7) is 4.18. The number of hydrogen-bond donors (Lipinski definition) is 1. The maximum absolute atomic E-state index is 11.8. The molecule has 0 fully saturated rings. The zero-order valence-corrected chi connectivity index (χ0v) is 7.52. The molecule has 0 radical (unpaired) electrons. The minimum Gasteiger partial charge on any atom is -0.382 e. The van der Waals surface area contributed by atoms with E-state index in [9.17, 15) is 4.39 Å². The third-order valence-electron chi connectivity index (χ3n) is 1.93. The van der Waals surface area contributed by atoms with Gasteiger partial charge in [-0.25, -0.2) is 4.39 Å². The van der Waals surface area contributed by atoms with Crippen LogP contribution in [0.1, 0.15) is 11.1 Å². The first-order valence-electron chi connectivity index (χ1n) is 4.11. The zero-order chi connectivity index (χ0) is 8.97. The Morgan fingerprint density at radius 1 is 1.25 bits per heavy atom. The number of alkyl halides is 1. The summed E-state index contributed by atoms with van der Waals surface area (Å²) in [7, 11) is 0. The van der Waals surface area contributed by atoms with Crippen molar-refractivity contribution in [3.8, 4) is 0 Å². The first kappa shape index (κ1) is 9.04. The fourth-order valence-corrected chi connectivity index (χ4v) is 1.04. The lowest BCUT2D eigenvalue weighted by Gasteiger charge is -2.06. The van der Waals surface area contributed by atoms with Crippen molar-refractivity contribution in [2.24, 2.45) is 0 Å². The number of benzene rings is 1. The van der Waals surface area contributed by atoms with Crippen LogP contribution < -0.4 is 5.32 Å². The molecule has 1 aromatic carbocycles. The molecule has 1 aromatic rings. The fourth-order valence-electron chi connectivity index (χ4n) is 1.04. The molecule has 0 unspecified atom stereocenters. The zero-order valence-electron chi connectivity index (χ0n) is 7.52. The van der Waals surface area contributed by atoms with Gasteiger partial charge in [0.05, 0.1) is 0 Å². The Labute approximate surface area is 72.6 Å². The summed E-state index contributed by atoms with van der Waals surface area (Å²) in [6.07, 6.45) is 0. The molecule has 1 N–H and O–H groups in total. The molecule has 0 aliphatic heterocycles. The van der Waals surface area contributed by atoms with Crippen LogP contribution in [0.5, 0.6) is 0 Å². The highest BCUT2D eigenvalue weighted by Crippen LogP contribution is 2.13. The lowest BCUT2D eigenvalue weighted by molar-refractivity contribution is 0.513. The summed E-state index contributed by atoms with van der Waals surface area (Å²) in [6, 6.07) is 6.04. The van der Waals surface area contributed by atoms with E-state index >= 15 is 0 Å². The molecule has 0 saturated heterocycles. The summed E-state index contributed by atoms with van der Waals surface area (Å²) >= 11 is 0. The number of halogens is 1. The van der Waals surface area contributed by atoms with Crippen LogP contribution in [0.4, 0.5) is 10.1 Å². The normalized spacial score (nSPS) is 9.92. The van der Waals surface area contributed by atoms with Crippen LogP contribution in [-0.4, -0.2) is 13.2 Å². The Hall–Kier alpha value is -1.05. The molecule has 0 amide bonds. The van der Waals surface area contributed by atoms with Crippen LogP contribution in [0.2, 0.25) is 0 Å². The van der Waals surface area contributed by atoms with Crippen molar-refractivity contribution in [1.29, 1.82) is 0 Å². The first-order valence-corrected chi connectivity index (χ1v) is 4.11. The minimum atomic E-state index is -0.326. The molecule has 0 saturated carbocycles. The molecule has 0 atom stereocenters. The van der Waals surface area contributed by atoms with Gasteiger partial charge in [0.15, 0.2) is 0 Å². The Morgan fingerprint density at radius 2 is 2.00 bits per heavy atom. The maximum atomic E-state index is 11.8. The van der Waals surface area contributed by atoms with Crippen LogP contribution in [0.15, 0.2) is 18.2 Å². The van der Waals surface area contributed by atoms with Gasteiger partial charge in [0.1, 0.15) is 6.67 Å². The van der Waals surface area contributed by atoms with Crippen molar-refractivity contribution >= 4 is 5.69 Å². The summed E-state index contributed by atoms with van der Waals surface area (Å²) in [5.74, 6) is 0. The van der Waals surface area contributed by atoms with Crippen LogP contribution in [0.3, 0.4) is 0 Å². The Balaban J connectivity index is 2.69. The summed E-state index contributed by atoms with van der Waals surface area (Å²) < 4.78 is 11.8. The molecule has 2 heteroatoms. The van der Waals surface area contributed by atoms with Gasteiger partial charge in [0.25, 0.3) is 0 Å². The molecule has 1 nitrogen and oxygen atoms in total. The molecular weight excluding hydrogens is 153 g/mol. The standard InChI is InChI=1S/C10H14FN/c1-8-3-4-10(7-9(8)2)12-6-5-11/h3-4,7,12H,5-6H2,1-2H3. The van der Waals surface area contributed by atoms with Crippen molar-refractivity contribution < 1.29 is 4.39 Å². The molecule has 12 heavy (non-hydrogen) atoms. The molecule has 0 bridgehead atoms. The number of aryl methyl sites for hydroxylation is 2. The van der Waals surface area contributed by atoms with Crippen molar-refractivity contribution in [3.63, 3.8) is 0 Å². The third kappa shape index (κ3) is 2.22.